The molecule has 1 amide bonds. The summed E-state index contributed by atoms with van der Waals surface area (Å²) in [5.41, 5.74) is 1.89. The van der Waals surface area contributed by atoms with Crippen LogP contribution in [0, 0.1) is 17.2 Å². The molecule has 106 valence electrons. The van der Waals surface area contributed by atoms with Crippen LogP contribution in [0.5, 0.6) is 0 Å². The third-order valence-corrected chi connectivity index (χ3v) is 5.43. The number of nitrogens with one attached hydrogen (secondary N) is 2. The molecule has 2 N–H and O–H groups in total. The number of amides is 1. The van der Waals surface area contributed by atoms with Gasteiger partial charge in [0.25, 0.3) is 0 Å². The maximum atomic E-state index is 12.1. The third kappa shape index (κ3) is 2.72. The second-order valence-corrected chi connectivity index (χ2v) is 6.72. The molecule has 1 aromatic rings. The van der Waals surface area contributed by atoms with Gasteiger partial charge in [0.2, 0.25) is 5.91 Å². The first-order chi connectivity index (χ1) is 9.78. The molecule has 0 atom stereocenters. The normalized spacial score (nSPS) is 18.6. The average Bonchev–Trinajstić information content (AvgIpc) is 3.00. The van der Waals surface area contributed by atoms with E-state index in [4.69, 9.17) is 0 Å². The Balaban J connectivity index is 1.65. The Hall–Kier alpha value is -1.38. The minimum absolute atomic E-state index is 0.0633. The summed E-state index contributed by atoms with van der Waals surface area (Å²) in [4.78, 5) is 13.4. The number of thiophene rings is 1. The van der Waals surface area contributed by atoms with E-state index < -0.39 is 0 Å². The summed E-state index contributed by atoms with van der Waals surface area (Å²) in [6, 6.07) is 2.27. The van der Waals surface area contributed by atoms with E-state index in [1.807, 2.05) is 0 Å². The third-order valence-electron chi connectivity index (χ3n) is 4.22. The van der Waals surface area contributed by atoms with Crippen LogP contribution in [-0.2, 0) is 17.6 Å². The highest BCUT2D eigenvalue weighted by Crippen LogP contribution is 2.38. The highest BCUT2D eigenvalue weighted by Gasteiger charge is 2.24. The SMILES string of the molecule is N#Cc1c(NC(=O)CC2CCNCC2)sc2c1CCC2. The lowest BCUT2D eigenvalue weighted by atomic mass is 9.94. The van der Waals surface area contributed by atoms with Crippen LogP contribution in [0.1, 0.15) is 41.7 Å². The Morgan fingerprint density at radius 1 is 1.40 bits per heavy atom. The van der Waals surface area contributed by atoms with Gasteiger partial charge in [-0.05, 0) is 56.7 Å². The molecule has 20 heavy (non-hydrogen) atoms. The first kappa shape index (κ1) is 13.6. The van der Waals surface area contributed by atoms with Crippen molar-refractivity contribution in [3.63, 3.8) is 0 Å². The molecule has 5 heteroatoms. The number of hydrogen-bond acceptors (Lipinski definition) is 4. The number of hydrogen-bond donors (Lipinski definition) is 2. The van der Waals surface area contributed by atoms with Gasteiger partial charge in [0.1, 0.15) is 11.1 Å². The minimum atomic E-state index is 0.0633. The van der Waals surface area contributed by atoms with E-state index in [1.54, 1.807) is 11.3 Å². The molecule has 0 spiro atoms. The molecule has 2 heterocycles. The Labute approximate surface area is 123 Å². The van der Waals surface area contributed by atoms with Gasteiger partial charge in [-0.15, -0.1) is 11.3 Å². The molecule has 1 fully saturated rings. The summed E-state index contributed by atoms with van der Waals surface area (Å²) in [5.74, 6) is 0.543. The van der Waals surface area contributed by atoms with Gasteiger partial charge >= 0.3 is 0 Å². The molecule has 1 aromatic heterocycles. The van der Waals surface area contributed by atoms with Crippen molar-refractivity contribution in [3.8, 4) is 6.07 Å². The lowest BCUT2D eigenvalue weighted by Crippen LogP contribution is -2.30. The van der Waals surface area contributed by atoms with Crippen LogP contribution >= 0.6 is 11.3 Å². The summed E-state index contributed by atoms with van der Waals surface area (Å²) in [7, 11) is 0. The molecular weight excluding hydrogens is 270 g/mol. The van der Waals surface area contributed by atoms with Crippen molar-refractivity contribution in [3.05, 3.63) is 16.0 Å². The van der Waals surface area contributed by atoms with E-state index >= 15 is 0 Å². The van der Waals surface area contributed by atoms with Crippen molar-refractivity contribution >= 4 is 22.2 Å². The average molecular weight is 289 g/mol. The summed E-state index contributed by atoms with van der Waals surface area (Å²) >= 11 is 1.60. The van der Waals surface area contributed by atoms with Gasteiger partial charge < -0.3 is 10.6 Å². The summed E-state index contributed by atoms with van der Waals surface area (Å²) in [5, 5.41) is 16.4. The van der Waals surface area contributed by atoms with E-state index in [9.17, 15) is 10.1 Å². The van der Waals surface area contributed by atoms with Crippen LogP contribution in [0.2, 0.25) is 0 Å². The lowest BCUT2D eigenvalue weighted by Gasteiger charge is -2.21. The van der Waals surface area contributed by atoms with E-state index in [2.05, 4.69) is 16.7 Å². The van der Waals surface area contributed by atoms with Crippen molar-refractivity contribution in [2.24, 2.45) is 5.92 Å². The van der Waals surface area contributed by atoms with E-state index in [0.29, 0.717) is 17.9 Å². The lowest BCUT2D eigenvalue weighted by molar-refractivity contribution is -0.117. The predicted octanol–water partition coefficient (Wildman–Crippen LogP) is 2.44. The number of piperidine rings is 1. The zero-order chi connectivity index (χ0) is 13.9. The smallest absolute Gasteiger partial charge is 0.225 e. The summed E-state index contributed by atoms with van der Waals surface area (Å²) in [6.45, 7) is 2.02. The molecule has 1 aliphatic carbocycles. The van der Waals surface area contributed by atoms with Crippen molar-refractivity contribution in [2.45, 2.75) is 38.5 Å². The van der Waals surface area contributed by atoms with Crippen LogP contribution in [0.4, 0.5) is 5.00 Å². The fraction of sp³-hybridized carbons (Fsp3) is 0.600. The summed E-state index contributed by atoms with van der Waals surface area (Å²) < 4.78 is 0. The molecule has 3 rings (SSSR count). The number of aryl methyl sites for hydroxylation is 1. The standard InChI is InChI=1S/C15H19N3OS/c16-9-12-11-2-1-3-13(11)20-15(12)18-14(19)8-10-4-6-17-7-5-10/h10,17H,1-8H2,(H,18,19). The number of carbonyl (C=O) groups is 1. The monoisotopic (exact) mass is 289 g/mol. The molecule has 0 unspecified atom stereocenters. The fourth-order valence-electron chi connectivity index (χ4n) is 3.14. The Kier molecular flexibility index (Phi) is 4.04. The van der Waals surface area contributed by atoms with E-state index in [1.165, 1.54) is 10.4 Å². The first-order valence-electron chi connectivity index (χ1n) is 7.33. The predicted molar refractivity (Wildman–Crippen MR) is 79.9 cm³/mol. The summed E-state index contributed by atoms with van der Waals surface area (Å²) in [6.07, 6.45) is 5.89. The number of nitriles is 1. The van der Waals surface area contributed by atoms with Gasteiger partial charge in [-0.2, -0.15) is 5.26 Å². The Bertz CT molecular complexity index is 552. The molecule has 0 saturated carbocycles. The topological polar surface area (TPSA) is 64.9 Å². The molecule has 2 aliphatic rings. The Morgan fingerprint density at radius 2 is 2.20 bits per heavy atom. The van der Waals surface area contributed by atoms with Crippen molar-refractivity contribution < 1.29 is 4.79 Å². The number of nitrogens with zero attached hydrogens (tertiary/aromatic N) is 1. The maximum absolute atomic E-state index is 12.1. The fourth-order valence-corrected chi connectivity index (χ4v) is 4.39. The quantitative estimate of drug-likeness (QED) is 0.898. The highest BCUT2D eigenvalue weighted by molar-refractivity contribution is 7.16. The highest BCUT2D eigenvalue weighted by atomic mass is 32.1. The van der Waals surface area contributed by atoms with Crippen molar-refractivity contribution in [2.75, 3.05) is 18.4 Å². The zero-order valence-electron chi connectivity index (χ0n) is 11.5. The van der Waals surface area contributed by atoms with Gasteiger partial charge in [0.05, 0.1) is 5.56 Å². The molecule has 1 aliphatic heterocycles. The Morgan fingerprint density at radius 3 is 2.95 bits per heavy atom. The van der Waals surface area contributed by atoms with Gasteiger partial charge in [-0.25, -0.2) is 0 Å². The molecule has 1 saturated heterocycles. The minimum Gasteiger partial charge on any atom is -0.317 e. The molecular formula is C15H19N3OS. The van der Waals surface area contributed by atoms with Crippen LogP contribution in [0.25, 0.3) is 0 Å². The number of anilines is 1. The van der Waals surface area contributed by atoms with Crippen LogP contribution in [0.15, 0.2) is 0 Å². The zero-order valence-corrected chi connectivity index (χ0v) is 12.3. The van der Waals surface area contributed by atoms with Crippen LogP contribution in [0.3, 0.4) is 0 Å². The number of carbonyl (C=O) groups excluding carboxylic acids is 1. The molecule has 0 aromatic carbocycles. The number of fused-ring (bicyclic) bond motifs is 1. The van der Waals surface area contributed by atoms with Crippen molar-refractivity contribution in [1.82, 2.24) is 5.32 Å². The van der Waals surface area contributed by atoms with Gasteiger partial charge in [0, 0.05) is 11.3 Å². The van der Waals surface area contributed by atoms with E-state index in [0.717, 1.165) is 50.2 Å². The van der Waals surface area contributed by atoms with Crippen LogP contribution < -0.4 is 10.6 Å². The van der Waals surface area contributed by atoms with Gasteiger partial charge in [0.15, 0.2) is 0 Å². The number of rotatable bonds is 3. The first-order valence-corrected chi connectivity index (χ1v) is 8.14. The van der Waals surface area contributed by atoms with Crippen molar-refractivity contribution in [1.29, 1.82) is 5.26 Å². The second-order valence-electron chi connectivity index (χ2n) is 5.62. The maximum Gasteiger partial charge on any atom is 0.225 e. The molecule has 0 bridgehead atoms. The molecule has 0 radical (unpaired) electrons. The van der Waals surface area contributed by atoms with Crippen LogP contribution in [-0.4, -0.2) is 19.0 Å². The largest absolute Gasteiger partial charge is 0.317 e. The van der Waals surface area contributed by atoms with E-state index in [-0.39, 0.29) is 5.91 Å². The molecule has 4 nitrogen and oxygen atoms in total. The van der Waals surface area contributed by atoms with Gasteiger partial charge in [-0.3, -0.25) is 4.79 Å². The van der Waals surface area contributed by atoms with Gasteiger partial charge in [-0.1, -0.05) is 0 Å². The second kappa shape index (κ2) is 5.94.